The van der Waals surface area contributed by atoms with Gasteiger partial charge in [0.25, 0.3) is 0 Å². The van der Waals surface area contributed by atoms with Crippen molar-refractivity contribution in [1.29, 1.82) is 0 Å². The van der Waals surface area contributed by atoms with Crippen molar-refractivity contribution in [1.82, 2.24) is 4.98 Å². The van der Waals surface area contributed by atoms with Gasteiger partial charge in [0.1, 0.15) is 0 Å². The zero-order chi connectivity index (χ0) is 35.5. The molecule has 1 aliphatic carbocycles. The normalized spacial score (nSPS) is 12.2. The molecule has 51 heavy (non-hydrogen) atoms. The van der Waals surface area contributed by atoms with Crippen LogP contribution in [0.15, 0.2) is 78.4 Å². The Morgan fingerprint density at radius 2 is 1.25 bits per heavy atom. The lowest BCUT2D eigenvalue weighted by molar-refractivity contribution is -0.137. The van der Waals surface area contributed by atoms with Crippen LogP contribution in [-0.4, -0.2) is 16.9 Å². The molecular formula is C46H59NO4. The van der Waals surface area contributed by atoms with Crippen LogP contribution in [0.2, 0.25) is 0 Å². The van der Waals surface area contributed by atoms with Crippen molar-refractivity contribution in [2.75, 3.05) is 0 Å². The first-order valence-electron chi connectivity index (χ1n) is 20.0. The number of benzene rings is 3. The zero-order valence-corrected chi connectivity index (χ0v) is 31.0. The van der Waals surface area contributed by atoms with Crippen molar-refractivity contribution in [3.8, 4) is 11.5 Å². The van der Waals surface area contributed by atoms with E-state index in [2.05, 4.69) is 48.3 Å². The molecule has 0 unspecified atom stereocenters. The minimum atomic E-state index is -0.330. The molecule has 0 bridgehead atoms. The molecule has 0 atom stereocenters. The number of rotatable bonds is 24. The van der Waals surface area contributed by atoms with Crippen LogP contribution < -0.4 is 9.47 Å². The van der Waals surface area contributed by atoms with E-state index in [1.54, 1.807) is 6.07 Å². The Hall–Kier alpha value is -4.12. The van der Waals surface area contributed by atoms with E-state index in [0.29, 0.717) is 24.3 Å². The first-order chi connectivity index (χ1) is 25.1. The second-order valence-corrected chi connectivity index (χ2v) is 14.5. The van der Waals surface area contributed by atoms with Gasteiger partial charge < -0.3 is 14.5 Å². The molecule has 3 aromatic carbocycles. The van der Waals surface area contributed by atoms with E-state index in [-0.39, 0.29) is 24.8 Å². The predicted octanol–water partition coefficient (Wildman–Crippen LogP) is 12.4. The minimum absolute atomic E-state index is 0.224. The van der Waals surface area contributed by atoms with Crippen LogP contribution in [0.4, 0.5) is 0 Å². The second kappa shape index (κ2) is 21.3. The quantitative estimate of drug-likeness (QED) is 0.0452. The Labute approximate surface area is 306 Å². The van der Waals surface area contributed by atoms with Crippen molar-refractivity contribution in [3.05, 3.63) is 101 Å². The monoisotopic (exact) mass is 689 g/mol. The number of hydrogen-bond donors (Lipinski definition) is 1. The average Bonchev–Trinajstić information content (AvgIpc) is 3.76. The van der Waals surface area contributed by atoms with E-state index in [4.69, 9.17) is 9.47 Å². The Bertz CT molecular complexity index is 1670. The largest absolute Gasteiger partial charge is 0.422 e. The number of hydrogen-bond acceptors (Lipinski definition) is 4. The molecular weight excluding hydrogens is 631 g/mol. The summed E-state index contributed by atoms with van der Waals surface area (Å²) in [7, 11) is 0. The van der Waals surface area contributed by atoms with Gasteiger partial charge in [0.15, 0.2) is 11.5 Å². The smallest absolute Gasteiger partial charge is 0.311 e. The maximum Gasteiger partial charge on any atom is 0.311 e. The van der Waals surface area contributed by atoms with E-state index >= 15 is 0 Å². The summed E-state index contributed by atoms with van der Waals surface area (Å²) in [5.41, 5.74) is 6.74. The highest BCUT2D eigenvalue weighted by Crippen LogP contribution is 2.34. The topological polar surface area (TPSA) is 68.4 Å². The van der Waals surface area contributed by atoms with Gasteiger partial charge in [-0.25, -0.2) is 0 Å². The maximum absolute atomic E-state index is 13.2. The number of fused-ring (bicyclic) bond motifs is 2. The molecule has 5 nitrogen and oxygen atoms in total. The summed E-state index contributed by atoms with van der Waals surface area (Å²) in [4.78, 5) is 29.7. The van der Waals surface area contributed by atoms with Crippen LogP contribution >= 0.6 is 0 Å². The molecule has 0 fully saturated rings. The number of carbonyl (C=O) groups is 2. The fourth-order valence-corrected chi connectivity index (χ4v) is 7.26. The SMILES string of the molecule is CCCCCCCCCCCCCCCCCc1cccc(OC(=O)CCC2=Cc3ccccc3C2)c1OC(=O)CCc1cc2ccccc2[nH]1. The summed E-state index contributed by atoms with van der Waals surface area (Å²) in [5.74, 6) is 0.0848. The van der Waals surface area contributed by atoms with Crippen molar-refractivity contribution >= 4 is 28.9 Å². The maximum atomic E-state index is 13.2. The zero-order valence-electron chi connectivity index (χ0n) is 31.0. The number of unbranched alkanes of at least 4 members (excludes halogenated alkanes) is 14. The van der Waals surface area contributed by atoms with E-state index < -0.39 is 0 Å². The summed E-state index contributed by atoms with van der Waals surface area (Å²) in [6.45, 7) is 2.28. The Kier molecular flexibility index (Phi) is 15.9. The molecule has 0 aliphatic heterocycles. The third-order valence-corrected chi connectivity index (χ3v) is 10.2. The Morgan fingerprint density at radius 1 is 0.627 bits per heavy atom. The summed E-state index contributed by atoms with van der Waals surface area (Å²) in [5, 5.41) is 1.13. The van der Waals surface area contributed by atoms with Crippen molar-refractivity contribution < 1.29 is 19.1 Å². The number of H-pyrrole nitrogens is 1. The molecule has 1 aliphatic rings. The molecule has 272 valence electrons. The van der Waals surface area contributed by atoms with Crippen LogP contribution in [0.1, 0.15) is 145 Å². The fourth-order valence-electron chi connectivity index (χ4n) is 7.26. The lowest BCUT2D eigenvalue weighted by Gasteiger charge is -2.15. The third kappa shape index (κ3) is 12.9. The summed E-state index contributed by atoms with van der Waals surface area (Å²) < 4.78 is 11.9. The summed E-state index contributed by atoms with van der Waals surface area (Å²) >= 11 is 0. The van der Waals surface area contributed by atoms with E-state index in [1.807, 2.05) is 36.4 Å². The van der Waals surface area contributed by atoms with E-state index in [9.17, 15) is 9.59 Å². The number of aromatic amines is 1. The van der Waals surface area contributed by atoms with Crippen molar-refractivity contribution in [2.45, 2.75) is 142 Å². The molecule has 1 heterocycles. The van der Waals surface area contributed by atoms with Gasteiger partial charge in [0, 0.05) is 17.6 Å². The van der Waals surface area contributed by atoms with Crippen LogP contribution in [0, 0.1) is 0 Å². The number of carbonyl (C=O) groups excluding carboxylic acids is 2. The number of aryl methyl sites for hydroxylation is 2. The predicted molar refractivity (Wildman–Crippen MR) is 210 cm³/mol. The molecule has 1 N–H and O–H groups in total. The van der Waals surface area contributed by atoms with Crippen molar-refractivity contribution in [3.63, 3.8) is 0 Å². The molecule has 4 aromatic rings. The highest BCUT2D eigenvalue weighted by molar-refractivity contribution is 5.81. The lowest BCUT2D eigenvalue weighted by Crippen LogP contribution is -2.14. The number of esters is 2. The standard InChI is InChI=1S/C46H59NO4/c1-2-3-4-5-6-7-8-9-10-11-12-13-14-15-16-22-37-26-21-28-43(50-44(48)31-29-36-33-38-23-17-18-24-39(38)34-36)46(37)51-45(49)32-30-41-35-40-25-19-20-27-42(40)47-41/h17-21,23-28,33,35,47H,2-16,22,29-32,34H2,1H3. The van der Waals surface area contributed by atoms with Crippen molar-refractivity contribution in [2.24, 2.45) is 0 Å². The minimum Gasteiger partial charge on any atom is -0.422 e. The van der Waals surface area contributed by atoms with Gasteiger partial charge in [0.05, 0.1) is 6.42 Å². The van der Waals surface area contributed by atoms with Gasteiger partial charge in [-0.2, -0.15) is 0 Å². The number of aromatic nitrogens is 1. The highest BCUT2D eigenvalue weighted by Gasteiger charge is 2.19. The van der Waals surface area contributed by atoms with Gasteiger partial charge in [0.2, 0.25) is 0 Å². The Balaban J connectivity index is 1.08. The van der Waals surface area contributed by atoms with Gasteiger partial charge in [-0.3, -0.25) is 9.59 Å². The average molecular weight is 690 g/mol. The van der Waals surface area contributed by atoms with Crippen LogP contribution in [0.3, 0.4) is 0 Å². The van der Waals surface area contributed by atoms with E-state index in [1.165, 1.54) is 100 Å². The number of allylic oxidation sites excluding steroid dienone is 1. The second-order valence-electron chi connectivity index (χ2n) is 14.5. The van der Waals surface area contributed by atoms with Crippen LogP contribution in [0.5, 0.6) is 11.5 Å². The van der Waals surface area contributed by atoms with Crippen LogP contribution in [0.25, 0.3) is 17.0 Å². The van der Waals surface area contributed by atoms with Gasteiger partial charge >= 0.3 is 11.9 Å². The lowest BCUT2D eigenvalue weighted by atomic mass is 10.0. The molecule has 0 saturated carbocycles. The summed E-state index contributed by atoms with van der Waals surface area (Å²) in [6.07, 6.45) is 25.3. The molecule has 0 amide bonds. The molecule has 5 rings (SSSR count). The van der Waals surface area contributed by atoms with E-state index in [0.717, 1.165) is 47.8 Å². The molecule has 0 radical (unpaired) electrons. The first kappa shape index (κ1) is 38.1. The van der Waals surface area contributed by atoms with Gasteiger partial charge in [-0.1, -0.05) is 163 Å². The molecule has 0 spiro atoms. The van der Waals surface area contributed by atoms with Gasteiger partial charge in [-0.05, 0) is 72.4 Å². The summed E-state index contributed by atoms with van der Waals surface area (Å²) in [6, 6.07) is 24.2. The fraction of sp³-hybridized carbons (Fsp3) is 0.478. The molecule has 0 saturated heterocycles. The highest BCUT2D eigenvalue weighted by atomic mass is 16.6. The molecule has 1 aromatic heterocycles. The van der Waals surface area contributed by atoms with Gasteiger partial charge in [-0.15, -0.1) is 0 Å². The Morgan fingerprint density at radius 3 is 1.96 bits per heavy atom. The first-order valence-corrected chi connectivity index (χ1v) is 20.0. The third-order valence-electron chi connectivity index (χ3n) is 10.2. The molecule has 5 heteroatoms. The number of para-hydroxylation sites is 2. The number of ether oxygens (including phenoxy) is 2. The number of nitrogens with one attached hydrogen (secondary N) is 1. The van der Waals surface area contributed by atoms with Crippen LogP contribution in [-0.2, 0) is 28.9 Å².